The van der Waals surface area contributed by atoms with Crippen LogP contribution in [0.15, 0.2) is 0 Å². The Bertz CT molecular complexity index is 250. The van der Waals surface area contributed by atoms with Crippen LogP contribution in [-0.2, 0) is 10.2 Å². The Kier molecular flexibility index (Phi) is 4.31. The lowest BCUT2D eigenvalue weighted by Crippen LogP contribution is -2.54. The highest BCUT2D eigenvalue weighted by Gasteiger charge is 2.27. The third-order valence-electron chi connectivity index (χ3n) is 1.70. The molecule has 0 aromatic heterocycles. The van der Waals surface area contributed by atoms with E-state index in [4.69, 9.17) is 10.9 Å². The highest BCUT2D eigenvalue weighted by Crippen LogP contribution is 2.15. The molecule has 80 valence electrons. The summed E-state index contributed by atoms with van der Waals surface area (Å²) in [5.41, 5.74) is 4.84. The molecule has 6 heteroatoms. The fraction of sp³-hybridized carbons (Fsp3) is 1.00. The molecule has 0 radical (unpaired) electrons. The first kappa shape index (κ1) is 12.8. The SMILES string of the molecule is CC(C)CC(C)(CN)NS(N)(=O)=O. The fourth-order valence-corrected chi connectivity index (χ4v) is 2.26. The van der Waals surface area contributed by atoms with Gasteiger partial charge in [0.25, 0.3) is 10.2 Å². The lowest BCUT2D eigenvalue weighted by molar-refractivity contribution is 0.344. The van der Waals surface area contributed by atoms with E-state index in [9.17, 15) is 8.42 Å². The predicted octanol–water partition coefficient (Wildman–Crippen LogP) is -0.457. The summed E-state index contributed by atoms with van der Waals surface area (Å²) < 4.78 is 23.9. The van der Waals surface area contributed by atoms with Crippen LogP contribution in [0.5, 0.6) is 0 Å². The summed E-state index contributed by atoms with van der Waals surface area (Å²) in [6.07, 6.45) is 0.667. The molecule has 0 aromatic carbocycles. The zero-order valence-corrected chi connectivity index (χ0v) is 9.19. The van der Waals surface area contributed by atoms with Crippen molar-refractivity contribution in [2.24, 2.45) is 16.8 Å². The Hall–Kier alpha value is -0.170. The molecule has 0 aliphatic heterocycles. The smallest absolute Gasteiger partial charge is 0.274 e. The summed E-state index contributed by atoms with van der Waals surface area (Å²) in [5.74, 6) is 0.364. The minimum Gasteiger partial charge on any atom is -0.329 e. The van der Waals surface area contributed by atoms with Gasteiger partial charge in [-0.3, -0.25) is 0 Å². The monoisotopic (exact) mass is 209 g/mol. The van der Waals surface area contributed by atoms with Crippen LogP contribution in [0.2, 0.25) is 0 Å². The molecule has 0 aromatic rings. The van der Waals surface area contributed by atoms with Gasteiger partial charge >= 0.3 is 0 Å². The lowest BCUT2D eigenvalue weighted by Gasteiger charge is -2.29. The van der Waals surface area contributed by atoms with Crippen LogP contribution in [0.4, 0.5) is 0 Å². The molecule has 0 saturated heterocycles. The van der Waals surface area contributed by atoms with Gasteiger partial charge in [0.2, 0.25) is 0 Å². The second-order valence-electron chi connectivity index (χ2n) is 4.01. The molecule has 0 spiro atoms. The van der Waals surface area contributed by atoms with Crippen molar-refractivity contribution in [3.63, 3.8) is 0 Å². The maximum Gasteiger partial charge on any atom is 0.274 e. The van der Waals surface area contributed by atoms with Gasteiger partial charge in [-0.1, -0.05) is 13.8 Å². The molecule has 0 saturated carbocycles. The average Bonchev–Trinajstić information content (AvgIpc) is 1.81. The van der Waals surface area contributed by atoms with Crippen molar-refractivity contribution < 1.29 is 8.42 Å². The lowest BCUT2D eigenvalue weighted by atomic mass is 9.92. The van der Waals surface area contributed by atoms with Crippen LogP contribution in [-0.4, -0.2) is 20.5 Å². The third kappa shape index (κ3) is 5.98. The molecule has 0 aliphatic rings. The van der Waals surface area contributed by atoms with E-state index in [1.165, 1.54) is 0 Å². The number of nitrogens with one attached hydrogen (secondary N) is 1. The minimum absolute atomic E-state index is 0.238. The molecular weight excluding hydrogens is 190 g/mol. The molecule has 0 heterocycles. The quantitative estimate of drug-likeness (QED) is 0.571. The Morgan fingerprint density at radius 2 is 1.92 bits per heavy atom. The van der Waals surface area contributed by atoms with Crippen molar-refractivity contribution in [2.75, 3.05) is 6.54 Å². The predicted molar refractivity (Wildman–Crippen MR) is 53.2 cm³/mol. The van der Waals surface area contributed by atoms with Gasteiger partial charge in [0.1, 0.15) is 0 Å². The van der Waals surface area contributed by atoms with E-state index >= 15 is 0 Å². The van der Waals surface area contributed by atoms with Crippen LogP contribution in [0.25, 0.3) is 0 Å². The molecule has 0 amide bonds. The molecule has 0 rings (SSSR count). The largest absolute Gasteiger partial charge is 0.329 e. The second kappa shape index (κ2) is 4.36. The zero-order chi connectivity index (χ0) is 10.7. The summed E-state index contributed by atoms with van der Waals surface area (Å²) in [6.45, 7) is 5.98. The van der Waals surface area contributed by atoms with Gasteiger partial charge in [0.15, 0.2) is 0 Å². The van der Waals surface area contributed by atoms with Gasteiger partial charge in [0.05, 0.1) is 0 Å². The van der Waals surface area contributed by atoms with Crippen molar-refractivity contribution in [3.8, 4) is 0 Å². The van der Waals surface area contributed by atoms with E-state index in [1.807, 2.05) is 13.8 Å². The molecule has 5 N–H and O–H groups in total. The van der Waals surface area contributed by atoms with Gasteiger partial charge in [-0.2, -0.15) is 13.1 Å². The van der Waals surface area contributed by atoms with Gasteiger partial charge in [-0.25, -0.2) is 5.14 Å². The fourth-order valence-electron chi connectivity index (χ4n) is 1.41. The first-order valence-electron chi connectivity index (χ1n) is 4.20. The maximum absolute atomic E-state index is 10.8. The molecule has 0 bridgehead atoms. The topological polar surface area (TPSA) is 98.2 Å². The van der Waals surface area contributed by atoms with E-state index in [0.717, 1.165) is 0 Å². The summed E-state index contributed by atoms with van der Waals surface area (Å²) in [4.78, 5) is 0. The summed E-state index contributed by atoms with van der Waals surface area (Å²) in [5, 5.41) is 4.88. The first-order valence-corrected chi connectivity index (χ1v) is 5.75. The van der Waals surface area contributed by atoms with Gasteiger partial charge < -0.3 is 5.73 Å². The van der Waals surface area contributed by atoms with Crippen molar-refractivity contribution in [2.45, 2.75) is 32.7 Å². The Labute approximate surface area is 80.1 Å². The van der Waals surface area contributed by atoms with Crippen molar-refractivity contribution in [3.05, 3.63) is 0 Å². The maximum atomic E-state index is 10.8. The summed E-state index contributed by atoms with van der Waals surface area (Å²) >= 11 is 0. The van der Waals surface area contributed by atoms with Crippen LogP contribution >= 0.6 is 0 Å². The molecule has 0 fully saturated rings. The Morgan fingerprint density at radius 3 is 2.15 bits per heavy atom. The highest BCUT2D eigenvalue weighted by atomic mass is 32.2. The number of hydrogen-bond acceptors (Lipinski definition) is 3. The molecule has 1 unspecified atom stereocenters. The first-order chi connectivity index (χ1) is 5.68. The summed E-state index contributed by atoms with van der Waals surface area (Å²) in [6, 6.07) is 0. The normalized spacial score (nSPS) is 17.4. The molecule has 13 heavy (non-hydrogen) atoms. The van der Waals surface area contributed by atoms with Crippen LogP contribution in [0, 0.1) is 5.92 Å². The number of nitrogens with two attached hydrogens (primary N) is 2. The Morgan fingerprint density at radius 1 is 1.46 bits per heavy atom. The standard InChI is InChI=1S/C7H19N3O2S/c1-6(2)4-7(3,5-8)10-13(9,11)12/h6,10H,4-5,8H2,1-3H3,(H2,9,11,12). The third-order valence-corrected chi connectivity index (χ3v) is 2.48. The van der Waals surface area contributed by atoms with E-state index in [1.54, 1.807) is 6.92 Å². The zero-order valence-electron chi connectivity index (χ0n) is 8.37. The van der Waals surface area contributed by atoms with Crippen molar-refractivity contribution >= 4 is 10.2 Å². The van der Waals surface area contributed by atoms with Gasteiger partial charge in [-0.15, -0.1) is 0 Å². The molecule has 1 atom stereocenters. The molecule has 5 nitrogen and oxygen atoms in total. The summed E-state index contributed by atoms with van der Waals surface area (Å²) in [7, 11) is -3.67. The number of rotatable bonds is 5. The van der Waals surface area contributed by atoms with Crippen molar-refractivity contribution in [1.82, 2.24) is 4.72 Å². The molecule has 0 aliphatic carbocycles. The van der Waals surface area contributed by atoms with Gasteiger partial charge in [0, 0.05) is 12.1 Å². The Balaban J connectivity index is 4.46. The molecular formula is C7H19N3O2S. The minimum atomic E-state index is -3.67. The second-order valence-corrected chi connectivity index (χ2v) is 5.30. The van der Waals surface area contributed by atoms with Crippen LogP contribution < -0.4 is 15.6 Å². The average molecular weight is 209 g/mol. The van der Waals surface area contributed by atoms with Gasteiger partial charge in [-0.05, 0) is 19.3 Å². The van der Waals surface area contributed by atoms with E-state index in [-0.39, 0.29) is 6.54 Å². The van der Waals surface area contributed by atoms with Crippen molar-refractivity contribution in [1.29, 1.82) is 0 Å². The van der Waals surface area contributed by atoms with Crippen LogP contribution in [0.1, 0.15) is 27.2 Å². The highest BCUT2D eigenvalue weighted by molar-refractivity contribution is 7.87. The van der Waals surface area contributed by atoms with E-state index < -0.39 is 15.7 Å². The van der Waals surface area contributed by atoms with Crippen LogP contribution in [0.3, 0.4) is 0 Å². The number of hydrogen-bond donors (Lipinski definition) is 3. The van der Waals surface area contributed by atoms with E-state index in [0.29, 0.717) is 12.3 Å². The van der Waals surface area contributed by atoms with E-state index in [2.05, 4.69) is 4.72 Å².